The summed E-state index contributed by atoms with van der Waals surface area (Å²) in [4.78, 5) is 13.2. The van der Waals surface area contributed by atoms with Crippen molar-refractivity contribution in [3.05, 3.63) is 29.8 Å². The zero-order valence-corrected chi connectivity index (χ0v) is 10.8. The number of nitrogens with zero attached hydrogens (tertiary/aromatic N) is 4. The van der Waals surface area contributed by atoms with Crippen LogP contribution in [-0.2, 0) is 7.05 Å². The fraction of sp³-hybridized carbons (Fsp3) is 0.333. The van der Waals surface area contributed by atoms with E-state index < -0.39 is 0 Å². The minimum absolute atomic E-state index is 0.179. The van der Waals surface area contributed by atoms with Crippen LogP contribution in [0.2, 0.25) is 0 Å². The Morgan fingerprint density at radius 1 is 1.37 bits per heavy atom. The van der Waals surface area contributed by atoms with Crippen LogP contribution in [0.25, 0.3) is 0 Å². The van der Waals surface area contributed by atoms with Gasteiger partial charge in [-0.2, -0.15) is 4.80 Å². The first-order valence-electron chi connectivity index (χ1n) is 5.97. The molecule has 0 aliphatic carbocycles. The first-order valence-corrected chi connectivity index (χ1v) is 5.97. The molecular formula is C12H15N5O2. The second-order valence-corrected chi connectivity index (χ2v) is 3.93. The third-order valence-electron chi connectivity index (χ3n) is 2.32. The fourth-order valence-electron chi connectivity index (χ4n) is 1.43. The topological polar surface area (TPSA) is 81.9 Å². The van der Waals surface area contributed by atoms with Gasteiger partial charge in [0.15, 0.2) is 0 Å². The van der Waals surface area contributed by atoms with Crippen LogP contribution in [0.3, 0.4) is 0 Å². The van der Waals surface area contributed by atoms with Crippen molar-refractivity contribution in [2.45, 2.75) is 13.3 Å². The van der Waals surface area contributed by atoms with Gasteiger partial charge < -0.3 is 4.74 Å². The van der Waals surface area contributed by atoms with Crippen molar-refractivity contribution >= 4 is 11.9 Å². The third-order valence-corrected chi connectivity index (χ3v) is 2.32. The molecular weight excluding hydrogens is 246 g/mol. The Kier molecular flexibility index (Phi) is 4.07. The van der Waals surface area contributed by atoms with Gasteiger partial charge in [0.05, 0.1) is 13.7 Å². The Morgan fingerprint density at radius 3 is 2.68 bits per heavy atom. The zero-order valence-electron chi connectivity index (χ0n) is 10.8. The van der Waals surface area contributed by atoms with E-state index in [1.807, 2.05) is 6.92 Å². The van der Waals surface area contributed by atoms with E-state index in [4.69, 9.17) is 4.74 Å². The lowest BCUT2D eigenvalue weighted by molar-refractivity contribution is 0.102. The minimum Gasteiger partial charge on any atom is -0.494 e. The summed E-state index contributed by atoms with van der Waals surface area (Å²) >= 11 is 0. The number of nitrogens with one attached hydrogen (secondary N) is 1. The van der Waals surface area contributed by atoms with Gasteiger partial charge in [-0.3, -0.25) is 10.1 Å². The number of amides is 1. The summed E-state index contributed by atoms with van der Waals surface area (Å²) in [6.45, 7) is 2.70. The summed E-state index contributed by atoms with van der Waals surface area (Å²) < 4.78 is 5.44. The number of benzene rings is 1. The number of hydrogen-bond acceptors (Lipinski definition) is 5. The molecule has 0 unspecified atom stereocenters. The van der Waals surface area contributed by atoms with E-state index in [9.17, 15) is 4.79 Å². The second-order valence-electron chi connectivity index (χ2n) is 3.93. The molecule has 2 rings (SSSR count). The smallest absolute Gasteiger partial charge is 0.270 e. The van der Waals surface area contributed by atoms with Crippen LogP contribution in [0, 0.1) is 0 Å². The molecule has 0 aliphatic rings. The van der Waals surface area contributed by atoms with Gasteiger partial charge in [-0.25, -0.2) is 0 Å². The second kappa shape index (κ2) is 5.94. The average Bonchev–Trinajstić information content (AvgIpc) is 2.82. The van der Waals surface area contributed by atoms with Crippen LogP contribution in [0.5, 0.6) is 5.75 Å². The monoisotopic (exact) mass is 261 g/mol. The Balaban J connectivity index is 1.99. The van der Waals surface area contributed by atoms with E-state index in [0.717, 1.165) is 12.2 Å². The number of aryl methyl sites for hydroxylation is 1. The average molecular weight is 261 g/mol. The van der Waals surface area contributed by atoms with Crippen molar-refractivity contribution in [2.24, 2.45) is 7.05 Å². The van der Waals surface area contributed by atoms with Gasteiger partial charge in [0.2, 0.25) is 0 Å². The molecule has 100 valence electrons. The fourth-order valence-corrected chi connectivity index (χ4v) is 1.43. The van der Waals surface area contributed by atoms with Gasteiger partial charge in [0, 0.05) is 5.56 Å². The molecule has 0 atom stereocenters. The van der Waals surface area contributed by atoms with E-state index in [1.54, 1.807) is 31.3 Å². The highest BCUT2D eigenvalue weighted by atomic mass is 16.5. The van der Waals surface area contributed by atoms with Crippen LogP contribution in [-0.4, -0.2) is 32.7 Å². The standard InChI is InChI=1S/C12H15N5O2/c1-3-8-19-10-6-4-9(5-7-10)11(18)13-12-14-16-17(2)15-12/h4-7H,3,8H2,1-2H3,(H,13,15,18). The lowest BCUT2D eigenvalue weighted by atomic mass is 10.2. The Hall–Kier alpha value is -2.44. The summed E-state index contributed by atoms with van der Waals surface area (Å²) in [6.07, 6.45) is 0.945. The summed E-state index contributed by atoms with van der Waals surface area (Å²) in [7, 11) is 1.63. The van der Waals surface area contributed by atoms with Crippen LogP contribution in [0.15, 0.2) is 24.3 Å². The maximum absolute atomic E-state index is 11.9. The number of carbonyl (C=O) groups excluding carboxylic acids is 1. The summed E-state index contributed by atoms with van der Waals surface area (Å²) in [5.41, 5.74) is 0.510. The molecule has 7 heteroatoms. The van der Waals surface area contributed by atoms with E-state index in [2.05, 4.69) is 20.7 Å². The van der Waals surface area contributed by atoms with Gasteiger partial charge in [0.1, 0.15) is 5.75 Å². The van der Waals surface area contributed by atoms with Crippen molar-refractivity contribution in [1.29, 1.82) is 0 Å². The van der Waals surface area contributed by atoms with E-state index in [0.29, 0.717) is 12.2 Å². The van der Waals surface area contributed by atoms with Crippen molar-refractivity contribution in [3.63, 3.8) is 0 Å². The summed E-state index contributed by atoms with van der Waals surface area (Å²) in [6, 6.07) is 6.90. The lowest BCUT2D eigenvalue weighted by Gasteiger charge is -2.05. The number of rotatable bonds is 5. The van der Waals surface area contributed by atoms with Crippen LogP contribution in [0.4, 0.5) is 5.95 Å². The van der Waals surface area contributed by atoms with Gasteiger partial charge in [-0.15, -0.1) is 5.10 Å². The first-order chi connectivity index (χ1) is 9.19. The quantitative estimate of drug-likeness (QED) is 0.876. The number of carbonyl (C=O) groups is 1. The van der Waals surface area contributed by atoms with Gasteiger partial charge >= 0.3 is 0 Å². The molecule has 0 saturated carbocycles. The Bertz CT molecular complexity index is 550. The van der Waals surface area contributed by atoms with Crippen LogP contribution >= 0.6 is 0 Å². The number of hydrogen-bond donors (Lipinski definition) is 1. The molecule has 0 saturated heterocycles. The predicted octanol–water partition coefficient (Wildman–Crippen LogP) is 1.25. The molecule has 0 radical (unpaired) electrons. The van der Waals surface area contributed by atoms with Crippen molar-refractivity contribution in [3.8, 4) is 5.75 Å². The number of tetrazole rings is 1. The normalized spacial score (nSPS) is 10.2. The largest absolute Gasteiger partial charge is 0.494 e. The highest BCUT2D eigenvalue weighted by molar-refractivity contribution is 6.03. The van der Waals surface area contributed by atoms with Gasteiger partial charge in [-0.1, -0.05) is 12.0 Å². The summed E-state index contributed by atoms with van der Waals surface area (Å²) in [5, 5.41) is 13.7. The lowest BCUT2D eigenvalue weighted by Crippen LogP contribution is -2.13. The molecule has 0 aliphatic heterocycles. The molecule has 2 aromatic rings. The number of anilines is 1. The van der Waals surface area contributed by atoms with E-state index in [1.165, 1.54) is 4.80 Å². The molecule has 1 aromatic heterocycles. The predicted molar refractivity (Wildman–Crippen MR) is 69.0 cm³/mol. The Labute approximate surface area is 110 Å². The molecule has 7 nitrogen and oxygen atoms in total. The van der Waals surface area contributed by atoms with Gasteiger partial charge in [0.25, 0.3) is 11.9 Å². The van der Waals surface area contributed by atoms with Gasteiger partial charge in [-0.05, 0) is 35.9 Å². The number of aromatic nitrogens is 4. The molecule has 0 fully saturated rings. The molecule has 0 spiro atoms. The maximum Gasteiger partial charge on any atom is 0.270 e. The minimum atomic E-state index is -0.282. The molecule has 19 heavy (non-hydrogen) atoms. The SMILES string of the molecule is CCCOc1ccc(C(=O)Nc2nnn(C)n2)cc1. The van der Waals surface area contributed by atoms with Crippen LogP contribution in [0.1, 0.15) is 23.7 Å². The highest BCUT2D eigenvalue weighted by Crippen LogP contribution is 2.13. The molecule has 1 aromatic carbocycles. The van der Waals surface area contributed by atoms with Crippen LogP contribution < -0.4 is 10.1 Å². The summed E-state index contributed by atoms with van der Waals surface area (Å²) in [5.74, 6) is 0.643. The third kappa shape index (κ3) is 3.51. The first kappa shape index (κ1) is 13.0. The van der Waals surface area contributed by atoms with E-state index in [-0.39, 0.29) is 11.9 Å². The van der Waals surface area contributed by atoms with Crippen molar-refractivity contribution in [1.82, 2.24) is 20.2 Å². The molecule has 0 bridgehead atoms. The maximum atomic E-state index is 11.9. The highest BCUT2D eigenvalue weighted by Gasteiger charge is 2.09. The Morgan fingerprint density at radius 2 is 2.11 bits per heavy atom. The molecule has 1 heterocycles. The number of ether oxygens (including phenoxy) is 1. The van der Waals surface area contributed by atoms with Crippen molar-refractivity contribution < 1.29 is 9.53 Å². The zero-order chi connectivity index (χ0) is 13.7. The van der Waals surface area contributed by atoms with Crippen molar-refractivity contribution in [2.75, 3.05) is 11.9 Å². The molecule has 1 N–H and O–H groups in total. The van der Waals surface area contributed by atoms with E-state index >= 15 is 0 Å². The molecule has 1 amide bonds.